The molecule has 2 aliphatic rings. The van der Waals surface area contributed by atoms with Crippen molar-refractivity contribution in [3.05, 3.63) is 30.1 Å². The van der Waals surface area contributed by atoms with E-state index < -0.39 is 0 Å². The summed E-state index contributed by atoms with van der Waals surface area (Å²) >= 11 is 0. The molecular formula is C19H24N4O. The lowest BCUT2D eigenvalue weighted by atomic mass is 9.96. The number of anilines is 1. The van der Waals surface area contributed by atoms with Crippen LogP contribution in [-0.2, 0) is 4.79 Å². The molecule has 0 bridgehead atoms. The van der Waals surface area contributed by atoms with Crippen molar-refractivity contribution >= 4 is 22.6 Å². The van der Waals surface area contributed by atoms with Crippen molar-refractivity contribution in [1.29, 1.82) is 0 Å². The molecule has 2 heterocycles. The molecule has 1 saturated carbocycles. The molecule has 1 amide bonds. The molecule has 5 nitrogen and oxygen atoms in total. The Morgan fingerprint density at radius 2 is 2.17 bits per heavy atom. The number of aromatic nitrogens is 2. The Kier molecular flexibility index (Phi) is 4.08. The van der Waals surface area contributed by atoms with Crippen LogP contribution < -0.4 is 10.2 Å². The molecule has 1 aliphatic carbocycles. The molecule has 1 N–H and O–H groups in total. The van der Waals surface area contributed by atoms with Crippen LogP contribution in [0.4, 0.5) is 5.82 Å². The van der Waals surface area contributed by atoms with E-state index >= 15 is 0 Å². The van der Waals surface area contributed by atoms with E-state index in [1.165, 1.54) is 18.4 Å². The second kappa shape index (κ2) is 6.38. The molecule has 1 aromatic heterocycles. The normalized spacial score (nSPS) is 21.0. The van der Waals surface area contributed by atoms with Crippen molar-refractivity contribution in [3.63, 3.8) is 0 Å². The third kappa shape index (κ3) is 3.21. The highest BCUT2D eigenvalue weighted by Gasteiger charge is 2.29. The summed E-state index contributed by atoms with van der Waals surface area (Å²) in [6.45, 7) is 4.63. The highest BCUT2D eigenvalue weighted by Crippen LogP contribution is 2.29. The van der Waals surface area contributed by atoms with Gasteiger partial charge in [-0.2, -0.15) is 0 Å². The van der Waals surface area contributed by atoms with Crippen molar-refractivity contribution in [2.45, 2.75) is 32.6 Å². The second-order valence-corrected chi connectivity index (χ2v) is 7.19. The van der Waals surface area contributed by atoms with Crippen LogP contribution >= 0.6 is 0 Å². The van der Waals surface area contributed by atoms with E-state index in [-0.39, 0.29) is 11.8 Å². The number of piperidine rings is 1. The zero-order chi connectivity index (χ0) is 16.5. The SMILES string of the molecule is Cc1ccc2ncnc(N3CCC[C@@H](C(=O)NCC4CC4)C3)c2c1. The Morgan fingerprint density at radius 3 is 3.00 bits per heavy atom. The molecule has 24 heavy (non-hydrogen) atoms. The summed E-state index contributed by atoms with van der Waals surface area (Å²) in [5.41, 5.74) is 2.17. The van der Waals surface area contributed by atoms with Crippen molar-refractivity contribution in [1.82, 2.24) is 15.3 Å². The minimum absolute atomic E-state index is 0.0623. The number of benzene rings is 1. The molecule has 1 aromatic carbocycles. The van der Waals surface area contributed by atoms with Crippen LogP contribution in [0.15, 0.2) is 24.5 Å². The van der Waals surface area contributed by atoms with Gasteiger partial charge in [-0.15, -0.1) is 0 Å². The molecule has 2 fully saturated rings. The molecule has 1 aliphatic heterocycles. The van der Waals surface area contributed by atoms with Crippen LogP contribution in [0.5, 0.6) is 0 Å². The summed E-state index contributed by atoms with van der Waals surface area (Å²) in [6.07, 6.45) is 6.16. The van der Waals surface area contributed by atoms with Crippen LogP contribution in [0, 0.1) is 18.8 Å². The van der Waals surface area contributed by atoms with Gasteiger partial charge in [0.05, 0.1) is 11.4 Å². The van der Waals surface area contributed by atoms with Crippen LogP contribution in [0.3, 0.4) is 0 Å². The monoisotopic (exact) mass is 324 g/mol. The van der Waals surface area contributed by atoms with E-state index in [2.05, 4.69) is 39.2 Å². The van der Waals surface area contributed by atoms with E-state index in [9.17, 15) is 4.79 Å². The molecule has 1 atom stereocenters. The zero-order valence-corrected chi connectivity index (χ0v) is 14.2. The number of nitrogens with one attached hydrogen (secondary N) is 1. The van der Waals surface area contributed by atoms with Gasteiger partial charge in [-0.3, -0.25) is 4.79 Å². The number of rotatable bonds is 4. The largest absolute Gasteiger partial charge is 0.356 e. The van der Waals surface area contributed by atoms with Gasteiger partial charge in [-0.1, -0.05) is 11.6 Å². The molecule has 5 heteroatoms. The maximum Gasteiger partial charge on any atom is 0.224 e. The maximum absolute atomic E-state index is 12.5. The van der Waals surface area contributed by atoms with Gasteiger partial charge >= 0.3 is 0 Å². The first kappa shape index (κ1) is 15.4. The molecule has 0 spiro atoms. The molecule has 1 saturated heterocycles. The fourth-order valence-electron chi connectivity index (χ4n) is 3.50. The van der Waals surface area contributed by atoms with Gasteiger partial charge < -0.3 is 10.2 Å². The number of nitrogens with zero attached hydrogens (tertiary/aromatic N) is 3. The maximum atomic E-state index is 12.5. The minimum Gasteiger partial charge on any atom is -0.356 e. The first-order valence-electron chi connectivity index (χ1n) is 8.95. The van der Waals surface area contributed by atoms with Crippen molar-refractivity contribution in [2.24, 2.45) is 11.8 Å². The van der Waals surface area contributed by atoms with Crippen molar-refractivity contribution in [2.75, 3.05) is 24.5 Å². The fourth-order valence-corrected chi connectivity index (χ4v) is 3.50. The molecule has 4 rings (SSSR count). The second-order valence-electron chi connectivity index (χ2n) is 7.19. The first-order chi connectivity index (χ1) is 11.7. The van der Waals surface area contributed by atoms with E-state index in [1.807, 2.05) is 6.07 Å². The highest BCUT2D eigenvalue weighted by molar-refractivity contribution is 5.90. The number of hydrogen-bond acceptors (Lipinski definition) is 4. The van der Waals surface area contributed by atoms with Gasteiger partial charge in [0.25, 0.3) is 0 Å². The topological polar surface area (TPSA) is 58.1 Å². The quantitative estimate of drug-likeness (QED) is 0.939. The minimum atomic E-state index is 0.0623. The van der Waals surface area contributed by atoms with Gasteiger partial charge in [0.15, 0.2) is 0 Å². The average Bonchev–Trinajstić information content (AvgIpc) is 3.43. The number of amides is 1. The predicted octanol–water partition coefficient (Wildman–Crippen LogP) is 2.68. The van der Waals surface area contributed by atoms with Gasteiger partial charge in [0.1, 0.15) is 12.1 Å². The standard InChI is InChI=1S/C19H24N4O/c1-13-4-7-17-16(9-13)18(22-12-21-17)23-8-2-3-15(11-23)19(24)20-10-14-5-6-14/h4,7,9,12,14-15H,2-3,5-6,8,10-11H2,1H3,(H,20,24)/t15-/m1/s1. The summed E-state index contributed by atoms with van der Waals surface area (Å²) in [5.74, 6) is 1.96. The van der Waals surface area contributed by atoms with Gasteiger partial charge in [0, 0.05) is 25.0 Å². The predicted molar refractivity (Wildman–Crippen MR) is 94.9 cm³/mol. The lowest BCUT2D eigenvalue weighted by molar-refractivity contribution is -0.125. The fraction of sp³-hybridized carbons (Fsp3) is 0.526. The first-order valence-corrected chi connectivity index (χ1v) is 8.95. The van der Waals surface area contributed by atoms with Crippen LogP contribution in [0.2, 0.25) is 0 Å². The lowest BCUT2D eigenvalue weighted by Gasteiger charge is -2.33. The highest BCUT2D eigenvalue weighted by atomic mass is 16.1. The summed E-state index contributed by atoms with van der Waals surface area (Å²) < 4.78 is 0. The average molecular weight is 324 g/mol. The van der Waals surface area contributed by atoms with E-state index in [4.69, 9.17) is 0 Å². The summed E-state index contributed by atoms with van der Waals surface area (Å²) in [6, 6.07) is 6.25. The third-order valence-corrected chi connectivity index (χ3v) is 5.12. The van der Waals surface area contributed by atoms with Crippen LogP contribution in [0.1, 0.15) is 31.2 Å². The lowest BCUT2D eigenvalue weighted by Crippen LogP contribution is -2.43. The number of carbonyl (C=O) groups excluding carboxylic acids is 1. The Hall–Kier alpha value is -2.17. The Morgan fingerprint density at radius 1 is 1.29 bits per heavy atom. The Bertz CT molecular complexity index is 756. The van der Waals surface area contributed by atoms with Gasteiger partial charge in [0.2, 0.25) is 5.91 Å². The van der Waals surface area contributed by atoms with Crippen molar-refractivity contribution < 1.29 is 4.79 Å². The van der Waals surface area contributed by atoms with Crippen molar-refractivity contribution in [3.8, 4) is 0 Å². The molecule has 0 radical (unpaired) electrons. The van der Waals surface area contributed by atoms with Gasteiger partial charge in [-0.25, -0.2) is 9.97 Å². The third-order valence-electron chi connectivity index (χ3n) is 5.12. The van der Waals surface area contributed by atoms with E-state index in [0.717, 1.165) is 55.1 Å². The van der Waals surface area contributed by atoms with Crippen LogP contribution in [-0.4, -0.2) is 35.5 Å². The zero-order valence-electron chi connectivity index (χ0n) is 14.2. The summed E-state index contributed by atoms with van der Waals surface area (Å²) in [7, 11) is 0. The Balaban J connectivity index is 1.53. The Labute approximate surface area is 142 Å². The molecule has 2 aromatic rings. The van der Waals surface area contributed by atoms with Gasteiger partial charge in [-0.05, 0) is 50.7 Å². The van der Waals surface area contributed by atoms with Crippen LogP contribution in [0.25, 0.3) is 10.9 Å². The number of hydrogen-bond donors (Lipinski definition) is 1. The molecule has 126 valence electrons. The number of fused-ring (bicyclic) bond motifs is 1. The summed E-state index contributed by atoms with van der Waals surface area (Å²) in [5, 5.41) is 4.21. The van der Waals surface area contributed by atoms with E-state index in [1.54, 1.807) is 6.33 Å². The smallest absolute Gasteiger partial charge is 0.224 e. The summed E-state index contributed by atoms with van der Waals surface area (Å²) in [4.78, 5) is 23.6. The number of carbonyl (C=O) groups is 1. The number of aryl methyl sites for hydroxylation is 1. The molecule has 0 unspecified atom stereocenters. The molecular weight excluding hydrogens is 300 g/mol. The van der Waals surface area contributed by atoms with E-state index in [0.29, 0.717) is 0 Å².